The summed E-state index contributed by atoms with van der Waals surface area (Å²) in [6, 6.07) is 4.55. The van der Waals surface area contributed by atoms with Gasteiger partial charge in [-0.25, -0.2) is 4.39 Å². The van der Waals surface area contributed by atoms with Crippen molar-refractivity contribution in [1.82, 2.24) is 10.2 Å². The van der Waals surface area contributed by atoms with Crippen LogP contribution in [-0.2, 0) is 4.79 Å². The zero-order valence-corrected chi connectivity index (χ0v) is 13.3. The monoisotopic (exact) mass is 319 g/mol. The summed E-state index contributed by atoms with van der Waals surface area (Å²) in [6.45, 7) is 4.75. The first-order valence-corrected chi connectivity index (χ1v) is 8.14. The van der Waals surface area contributed by atoms with E-state index >= 15 is 0 Å². The van der Waals surface area contributed by atoms with Gasteiger partial charge in [0.15, 0.2) is 5.78 Å². The van der Waals surface area contributed by atoms with Gasteiger partial charge in [0, 0.05) is 31.7 Å². The third-order valence-corrected chi connectivity index (χ3v) is 4.64. The van der Waals surface area contributed by atoms with Crippen LogP contribution in [0.3, 0.4) is 0 Å². The standard InChI is InChI=1S/C17H22FN3O2/c1-12(22)13-4-5-16(14(18)11-13)20-7-9-21(10-8-20)17(23)15-3-2-6-19-15/h4-5,11,15,19H,2-3,6-10H2,1H3. The van der Waals surface area contributed by atoms with E-state index < -0.39 is 0 Å². The van der Waals surface area contributed by atoms with E-state index in [1.807, 2.05) is 9.80 Å². The van der Waals surface area contributed by atoms with E-state index in [0.29, 0.717) is 37.4 Å². The molecule has 0 aliphatic carbocycles. The highest BCUT2D eigenvalue weighted by Gasteiger charge is 2.29. The summed E-state index contributed by atoms with van der Waals surface area (Å²) < 4.78 is 14.2. The molecule has 2 heterocycles. The highest BCUT2D eigenvalue weighted by atomic mass is 19.1. The van der Waals surface area contributed by atoms with E-state index in [-0.39, 0.29) is 23.5 Å². The number of amides is 1. The number of rotatable bonds is 3. The molecule has 2 aliphatic heterocycles. The number of benzene rings is 1. The number of hydrogen-bond acceptors (Lipinski definition) is 4. The molecule has 5 nitrogen and oxygen atoms in total. The third kappa shape index (κ3) is 3.37. The van der Waals surface area contributed by atoms with E-state index in [4.69, 9.17) is 0 Å². The van der Waals surface area contributed by atoms with Gasteiger partial charge in [-0.1, -0.05) is 0 Å². The lowest BCUT2D eigenvalue weighted by Crippen LogP contribution is -2.53. The van der Waals surface area contributed by atoms with Crippen LogP contribution in [0, 0.1) is 5.82 Å². The molecule has 1 unspecified atom stereocenters. The molecule has 0 bridgehead atoms. The molecule has 2 fully saturated rings. The quantitative estimate of drug-likeness (QED) is 0.857. The van der Waals surface area contributed by atoms with Crippen LogP contribution in [0.1, 0.15) is 30.1 Å². The van der Waals surface area contributed by atoms with Gasteiger partial charge >= 0.3 is 0 Å². The van der Waals surface area contributed by atoms with Crippen LogP contribution in [0.15, 0.2) is 18.2 Å². The molecule has 23 heavy (non-hydrogen) atoms. The number of nitrogens with zero attached hydrogens (tertiary/aromatic N) is 2. The third-order valence-electron chi connectivity index (χ3n) is 4.64. The van der Waals surface area contributed by atoms with Crippen molar-refractivity contribution in [3.05, 3.63) is 29.6 Å². The van der Waals surface area contributed by atoms with Crippen molar-refractivity contribution >= 4 is 17.4 Å². The Morgan fingerprint density at radius 2 is 1.96 bits per heavy atom. The summed E-state index contributed by atoms with van der Waals surface area (Å²) in [5.41, 5.74) is 0.883. The molecule has 2 aliphatic rings. The van der Waals surface area contributed by atoms with Gasteiger partial charge in [0.1, 0.15) is 5.82 Å². The van der Waals surface area contributed by atoms with Crippen molar-refractivity contribution < 1.29 is 14.0 Å². The van der Waals surface area contributed by atoms with Crippen LogP contribution < -0.4 is 10.2 Å². The number of Topliss-reactive ketones (excluding diaryl/α,β-unsaturated/α-hetero) is 1. The van der Waals surface area contributed by atoms with Gasteiger partial charge in [0.05, 0.1) is 11.7 Å². The summed E-state index contributed by atoms with van der Waals surface area (Å²) >= 11 is 0. The Hall–Kier alpha value is -1.95. The maximum absolute atomic E-state index is 14.2. The van der Waals surface area contributed by atoms with Gasteiger partial charge in [0.25, 0.3) is 0 Å². The number of anilines is 1. The first-order chi connectivity index (χ1) is 11.1. The molecular weight excluding hydrogens is 297 g/mol. The van der Waals surface area contributed by atoms with Gasteiger partial charge in [0.2, 0.25) is 5.91 Å². The second-order valence-electron chi connectivity index (χ2n) is 6.18. The van der Waals surface area contributed by atoms with Gasteiger partial charge in [-0.3, -0.25) is 9.59 Å². The molecule has 1 aromatic carbocycles. The van der Waals surface area contributed by atoms with Crippen LogP contribution in [0.4, 0.5) is 10.1 Å². The van der Waals surface area contributed by atoms with Crippen molar-refractivity contribution in [2.45, 2.75) is 25.8 Å². The van der Waals surface area contributed by atoms with Crippen LogP contribution in [-0.4, -0.2) is 55.4 Å². The Morgan fingerprint density at radius 1 is 1.22 bits per heavy atom. The first kappa shape index (κ1) is 15.9. The number of carbonyl (C=O) groups is 2. The highest BCUT2D eigenvalue weighted by Crippen LogP contribution is 2.22. The average molecular weight is 319 g/mol. The van der Waals surface area contributed by atoms with E-state index in [1.54, 1.807) is 12.1 Å². The SMILES string of the molecule is CC(=O)c1ccc(N2CCN(C(=O)C3CCCN3)CC2)c(F)c1. The summed E-state index contributed by atoms with van der Waals surface area (Å²) in [4.78, 5) is 27.5. The minimum absolute atomic E-state index is 0.0480. The van der Waals surface area contributed by atoms with E-state index in [9.17, 15) is 14.0 Å². The van der Waals surface area contributed by atoms with E-state index in [1.165, 1.54) is 13.0 Å². The highest BCUT2D eigenvalue weighted by molar-refractivity contribution is 5.94. The minimum atomic E-state index is -0.380. The Balaban J connectivity index is 1.62. The van der Waals surface area contributed by atoms with Gasteiger partial charge in [-0.05, 0) is 44.5 Å². The molecule has 1 atom stereocenters. The molecule has 3 rings (SSSR count). The van der Waals surface area contributed by atoms with Crippen LogP contribution in [0.2, 0.25) is 0 Å². The zero-order valence-electron chi connectivity index (χ0n) is 13.3. The zero-order chi connectivity index (χ0) is 16.4. The maximum atomic E-state index is 14.2. The maximum Gasteiger partial charge on any atom is 0.239 e. The van der Waals surface area contributed by atoms with E-state index in [0.717, 1.165) is 19.4 Å². The first-order valence-electron chi connectivity index (χ1n) is 8.14. The van der Waals surface area contributed by atoms with E-state index in [2.05, 4.69) is 5.32 Å². The fourth-order valence-corrected chi connectivity index (χ4v) is 3.27. The van der Waals surface area contributed by atoms with Gasteiger partial charge in [-0.2, -0.15) is 0 Å². The lowest BCUT2D eigenvalue weighted by atomic mass is 10.1. The number of nitrogens with one attached hydrogen (secondary N) is 1. The summed E-state index contributed by atoms with van der Waals surface area (Å²) in [6.07, 6.45) is 1.95. The Morgan fingerprint density at radius 3 is 2.52 bits per heavy atom. The molecule has 1 aromatic rings. The second-order valence-corrected chi connectivity index (χ2v) is 6.18. The summed E-state index contributed by atoms with van der Waals surface area (Å²) in [5, 5.41) is 3.23. The van der Waals surface area contributed by atoms with Crippen LogP contribution in [0.5, 0.6) is 0 Å². The lowest BCUT2D eigenvalue weighted by Gasteiger charge is -2.37. The van der Waals surface area contributed by atoms with Crippen molar-refractivity contribution in [2.75, 3.05) is 37.6 Å². The molecule has 2 saturated heterocycles. The van der Waals surface area contributed by atoms with Crippen LogP contribution in [0.25, 0.3) is 0 Å². The van der Waals surface area contributed by atoms with Crippen molar-refractivity contribution in [3.8, 4) is 0 Å². The molecule has 0 aromatic heterocycles. The van der Waals surface area contributed by atoms with Crippen molar-refractivity contribution in [2.24, 2.45) is 0 Å². The largest absolute Gasteiger partial charge is 0.366 e. The number of carbonyl (C=O) groups excluding carboxylic acids is 2. The van der Waals surface area contributed by atoms with Crippen molar-refractivity contribution in [1.29, 1.82) is 0 Å². The topological polar surface area (TPSA) is 52.7 Å². The molecule has 0 radical (unpaired) electrons. The number of piperazine rings is 1. The number of hydrogen-bond donors (Lipinski definition) is 1. The minimum Gasteiger partial charge on any atom is -0.366 e. The second kappa shape index (κ2) is 6.66. The molecule has 1 N–H and O–H groups in total. The average Bonchev–Trinajstić information content (AvgIpc) is 3.08. The Bertz CT molecular complexity index is 606. The number of halogens is 1. The molecule has 1 amide bonds. The van der Waals surface area contributed by atoms with Crippen molar-refractivity contribution in [3.63, 3.8) is 0 Å². The number of ketones is 1. The molecular formula is C17H22FN3O2. The molecule has 0 saturated carbocycles. The lowest BCUT2D eigenvalue weighted by molar-refractivity contribution is -0.133. The Kier molecular flexibility index (Phi) is 4.61. The molecule has 0 spiro atoms. The normalized spacial score (nSPS) is 21.6. The predicted octanol–water partition coefficient (Wildman–Crippen LogP) is 1.43. The summed E-state index contributed by atoms with van der Waals surface area (Å²) in [7, 11) is 0. The fourth-order valence-electron chi connectivity index (χ4n) is 3.27. The smallest absolute Gasteiger partial charge is 0.239 e. The van der Waals surface area contributed by atoms with Gasteiger partial charge in [-0.15, -0.1) is 0 Å². The molecule has 6 heteroatoms. The Labute approximate surface area is 135 Å². The van der Waals surface area contributed by atoms with Gasteiger partial charge < -0.3 is 15.1 Å². The fraction of sp³-hybridized carbons (Fsp3) is 0.529. The van der Waals surface area contributed by atoms with Crippen LogP contribution >= 0.6 is 0 Å². The summed E-state index contributed by atoms with van der Waals surface area (Å²) in [5.74, 6) is -0.362. The molecule has 124 valence electrons. The predicted molar refractivity (Wildman–Crippen MR) is 86.2 cm³/mol.